The molecule has 0 aliphatic rings. The van der Waals surface area contributed by atoms with Gasteiger partial charge < -0.3 is 4.98 Å². The first-order valence-corrected chi connectivity index (χ1v) is 4.64. The van der Waals surface area contributed by atoms with Gasteiger partial charge in [0.1, 0.15) is 0 Å². The average molecular weight is 212 g/mol. The van der Waals surface area contributed by atoms with E-state index in [2.05, 4.69) is 15.0 Å². The summed E-state index contributed by atoms with van der Waals surface area (Å²) >= 11 is 0. The van der Waals surface area contributed by atoms with Crippen LogP contribution in [0.5, 0.6) is 0 Å². The van der Waals surface area contributed by atoms with Crippen LogP contribution in [0.3, 0.4) is 0 Å². The van der Waals surface area contributed by atoms with E-state index >= 15 is 0 Å². The van der Waals surface area contributed by atoms with E-state index in [1.165, 1.54) is 6.07 Å². The van der Waals surface area contributed by atoms with Crippen LogP contribution in [0.25, 0.3) is 21.7 Å². The number of nitrogens with zero attached hydrogens (tertiary/aromatic N) is 3. The Morgan fingerprint density at radius 1 is 1.19 bits per heavy atom. The van der Waals surface area contributed by atoms with Crippen molar-refractivity contribution in [3.8, 4) is 11.3 Å². The number of rotatable bonds is 2. The zero-order valence-corrected chi connectivity index (χ0v) is 8.29. The fourth-order valence-corrected chi connectivity index (χ4v) is 1.40. The van der Waals surface area contributed by atoms with Crippen molar-refractivity contribution in [2.45, 2.75) is 0 Å². The molecule has 5 heteroatoms. The van der Waals surface area contributed by atoms with Crippen molar-refractivity contribution in [3.05, 3.63) is 63.3 Å². The molecular formula is C11H8N4O. The molecule has 1 aromatic heterocycles. The highest BCUT2D eigenvalue weighted by atomic mass is 16.1. The molecular weight excluding hydrogens is 204 g/mol. The second kappa shape index (κ2) is 4.33. The third-order valence-corrected chi connectivity index (χ3v) is 2.09. The minimum atomic E-state index is -0.160. The normalized spacial score (nSPS) is 9.50. The largest absolute Gasteiger partial charge is 0.322 e. The topological polar surface area (TPSA) is 81.6 Å². The van der Waals surface area contributed by atoms with Gasteiger partial charge in [-0.3, -0.25) is 4.79 Å². The van der Waals surface area contributed by atoms with E-state index in [9.17, 15) is 4.79 Å². The Morgan fingerprint density at radius 3 is 2.75 bits per heavy atom. The number of nitrogens with one attached hydrogen (secondary N) is 1. The third-order valence-electron chi connectivity index (χ3n) is 2.09. The smallest absolute Gasteiger partial charge is 0.248 e. The van der Waals surface area contributed by atoms with Crippen LogP contribution in [0.15, 0.2) is 52.4 Å². The predicted molar refractivity (Wildman–Crippen MR) is 61.3 cm³/mol. The van der Waals surface area contributed by atoms with Crippen LogP contribution >= 0.6 is 0 Å². The molecule has 0 amide bonds. The number of aromatic amines is 1. The molecule has 78 valence electrons. The molecule has 0 bridgehead atoms. The fraction of sp³-hybridized carbons (Fsp3) is 0. The highest BCUT2D eigenvalue weighted by Gasteiger charge is 1.98. The van der Waals surface area contributed by atoms with Crippen LogP contribution in [0.2, 0.25) is 0 Å². The van der Waals surface area contributed by atoms with Crippen molar-refractivity contribution >= 4 is 5.69 Å². The Labute approximate surface area is 91.0 Å². The van der Waals surface area contributed by atoms with Crippen LogP contribution in [-0.2, 0) is 0 Å². The molecule has 0 unspecified atom stereocenters. The molecule has 0 aliphatic heterocycles. The molecule has 0 saturated carbocycles. The second-order valence-electron chi connectivity index (χ2n) is 3.17. The highest BCUT2D eigenvalue weighted by molar-refractivity contribution is 5.63. The van der Waals surface area contributed by atoms with Gasteiger partial charge in [-0.25, -0.2) is 0 Å². The van der Waals surface area contributed by atoms with E-state index in [-0.39, 0.29) is 5.56 Å². The van der Waals surface area contributed by atoms with Gasteiger partial charge in [0.25, 0.3) is 0 Å². The van der Waals surface area contributed by atoms with Gasteiger partial charge in [0.2, 0.25) is 5.56 Å². The lowest BCUT2D eigenvalue weighted by atomic mass is 10.1. The first-order chi connectivity index (χ1) is 7.79. The molecule has 1 N–H and O–H groups in total. The number of azide groups is 1. The minimum absolute atomic E-state index is 0.160. The summed E-state index contributed by atoms with van der Waals surface area (Å²) in [5.41, 5.74) is 10.2. The predicted octanol–water partition coefficient (Wildman–Crippen LogP) is 2.98. The van der Waals surface area contributed by atoms with Crippen LogP contribution in [0, 0.1) is 0 Å². The fourth-order valence-electron chi connectivity index (χ4n) is 1.40. The Bertz CT molecular complexity index is 611. The highest BCUT2D eigenvalue weighted by Crippen LogP contribution is 2.21. The second-order valence-corrected chi connectivity index (χ2v) is 3.17. The maximum atomic E-state index is 11.1. The summed E-state index contributed by atoms with van der Waals surface area (Å²) in [6, 6.07) is 11.9. The molecule has 2 rings (SSSR count). The van der Waals surface area contributed by atoms with Gasteiger partial charge in [0.05, 0.1) is 0 Å². The molecule has 0 saturated heterocycles. The van der Waals surface area contributed by atoms with E-state index in [1.54, 1.807) is 30.3 Å². The van der Waals surface area contributed by atoms with Crippen molar-refractivity contribution in [2.24, 2.45) is 5.11 Å². The number of pyridine rings is 1. The molecule has 0 fully saturated rings. The number of H-pyrrole nitrogens is 1. The lowest BCUT2D eigenvalue weighted by Gasteiger charge is -2.01. The standard InChI is InChI=1S/C11H8N4O/c12-15-14-9-4-1-3-8(7-9)10-5-2-6-11(16)13-10/h1-7H,(H,13,16). The van der Waals surface area contributed by atoms with Crippen molar-refractivity contribution in [2.75, 3.05) is 0 Å². The molecule has 1 heterocycles. The van der Waals surface area contributed by atoms with Gasteiger partial charge in [0, 0.05) is 22.4 Å². The summed E-state index contributed by atoms with van der Waals surface area (Å²) < 4.78 is 0. The van der Waals surface area contributed by atoms with Gasteiger partial charge in [-0.15, -0.1) is 0 Å². The zero-order valence-electron chi connectivity index (χ0n) is 8.29. The summed E-state index contributed by atoms with van der Waals surface area (Å²) in [7, 11) is 0. The summed E-state index contributed by atoms with van der Waals surface area (Å²) in [5.74, 6) is 0. The summed E-state index contributed by atoms with van der Waals surface area (Å²) in [5, 5.41) is 3.50. The summed E-state index contributed by atoms with van der Waals surface area (Å²) in [6.45, 7) is 0. The van der Waals surface area contributed by atoms with Gasteiger partial charge in [0.15, 0.2) is 0 Å². The minimum Gasteiger partial charge on any atom is -0.322 e. The number of hydrogen-bond acceptors (Lipinski definition) is 2. The number of aromatic nitrogens is 1. The Balaban J connectivity index is 2.52. The Morgan fingerprint density at radius 2 is 2.00 bits per heavy atom. The molecule has 0 radical (unpaired) electrons. The first kappa shape index (κ1) is 10.0. The average Bonchev–Trinajstić information content (AvgIpc) is 2.30. The lowest BCUT2D eigenvalue weighted by Crippen LogP contribution is -2.03. The van der Waals surface area contributed by atoms with Crippen LogP contribution in [0.4, 0.5) is 5.69 Å². The van der Waals surface area contributed by atoms with Crippen molar-refractivity contribution in [3.63, 3.8) is 0 Å². The Kier molecular flexibility index (Phi) is 2.71. The monoisotopic (exact) mass is 212 g/mol. The maximum absolute atomic E-state index is 11.1. The van der Waals surface area contributed by atoms with E-state index in [4.69, 9.17) is 5.53 Å². The summed E-state index contributed by atoms with van der Waals surface area (Å²) in [6.07, 6.45) is 0. The molecule has 0 atom stereocenters. The summed E-state index contributed by atoms with van der Waals surface area (Å²) in [4.78, 5) is 16.6. The van der Waals surface area contributed by atoms with Crippen LogP contribution < -0.4 is 5.56 Å². The van der Waals surface area contributed by atoms with Crippen molar-refractivity contribution < 1.29 is 0 Å². The zero-order chi connectivity index (χ0) is 11.4. The molecule has 16 heavy (non-hydrogen) atoms. The van der Waals surface area contributed by atoms with Crippen LogP contribution in [0.1, 0.15) is 0 Å². The van der Waals surface area contributed by atoms with Gasteiger partial charge >= 0.3 is 0 Å². The SMILES string of the molecule is [N-]=[N+]=Nc1cccc(-c2cccc(=O)[nH]2)c1. The van der Waals surface area contributed by atoms with Crippen molar-refractivity contribution in [1.29, 1.82) is 0 Å². The van der Waals surface area contributed by atoms with E-state index in [1.807, 2.05) is 6.07 Å². The lowest BCUT2D eigenvalue weighted by molar-refractivity contribution is 1.24. The molecule has 2 aromatic rings. The van der Waals surface area contributed by atoms with Gasteiger partial charge in [-0.05, 0) is 23.2 Å². The number of benzene rings is 1. The van der Waals surface area contributed by atoms with E-state index in [0.717, 1.165) is 5.56 Å². The molecule has 1 aromatic carbocycles. The molecule has 0 spiro atoms. The quantitative estimate of drug-likeness (QED) is 0.463. The van der Waals surface area contributed by atoms with Crippen LogP contribution in [-0.4, -0.2) is 4.98 Å². The van der Waals surface area contributed by atoms with Crippen molar-refractivity contribution in [1.82, 2.24) is 4.98 Å². The van der Waals surface area contributed by atoms with Gasteiger partial charge in [-0.1, -0.05) is 29.4 Å². The first-order valence-electron chi connectivity index (χ1n) is 4.64. The molecule has 5 nitrogen and oxygen atoms in total. The number of hydrogen-bond donors (Lipinski definition) is 1. The maximum Gasteiger partial charge on any atom is 0.248 e. The Hall–Kier alpha value is -2.52. The van der Waals surface area contributed by atoms with E-state index < -0.39 is 0 Å². The van der Waals surface area contributed by atoms with Gasteiger partial charge in [-0.2, -0.15) is 0 Å². The molecule has 0 aliphatic carbocycles. The third kappa shape index (κ3) is 2.10. The van der Waals surface area contributed by atoms with E-state index in [0.29, 0.717) is 11.4 Å².